The summed E-state index contributed by atoms with van der Waals surface area (Å²) < 4.78 is 0. The molecule has 0 amide bonds. The number of fused-ring (bicyclic) bond motifs is 1. The summed E-state index contributed by atoms with van der Waals surface area (Å²) in [4.78, 5) is 0. The highest BCUT2D eigenvalue weighted by Crippen LogP contribution is 2.42. The first-order chi connectivity index (χ1) is 8.58. The number of nitrogens with two attached hydrogens (primary N) is 1. The maximum Gasteiger partial charge on any atom is 0.184 e. The van der Waals surface area contributed by atoms with Gasteiger partial charge in [-0.25, -0.2) is 0 Å². The Morgan fingerprint density at radius 3 is 2.94 bits per heavy atom. The minimum absolute atomic E-state index is 0.243. The molecule has 100 valence electrons. The van der Waals surface area contributed by atoms with Crippen molar-refractivity contribution in [3.8, 4) is 0 Å². The van der Waals surface area contributed by atoms with Gasteiger partial charge >= 0.3 is 0 Å². The number of hydrogen-bond acceptors (Lipinski definition) is 2. The molecule has 0 spiro atoms. The van der Waals surface area contributed by atoms with Gasteiger partial charge in [-0.1, -0.05) is 25.8 Å². The molecule has 0 aliphatic heterocycles. The van der Waals surface area contributed by atoms with Crippen LogP contribution in [0.15, 0.2) is 16.8 Å². The third-order valence-electron chi connectivity index (χ3n) is 4.19. The third-order valence-corrected chi connectivity index (χ3v) is 4.28. The second-order valence-corrected chi connectivity index (χ2v) is 6.20. The molecule has 0 heterocycles. The van der Waals surface area contributed by atoms with E-state index < -0.39 is 0 Å². The highest BCUT2D eigenvalue weighted by Gasteiger charge is 2.33. The Morgan fingerprint density at radius 1 is 1.50 bits per heavy atom. The third kappa shape index (κ3) is 3.10. The number of hydrogen-bond donors (Lipinski definition) is 2. The smallest absolute Gasteiger partial charge is 0.184 e. The molecule has 0 saturated heterocycles. The Morgan fingerprint density at radius 2 is 2.28 bits per heavy atom. The standard InChI is InChI=1S/C14H23N3S/c1-9(2)13-8-11(16-17-14(15)18)7-10-5-3-4-6-12(10)13/h7,9,12-13H,3-6,8H2,1-2H3,(H3,15,17,18)/b16-11+/t12-,13+/m0/s1. The zero-order valence-electron chi connectivity index (χ0n) is 11.3. The molecule has 2 aliphatic rings. The van der Waals surface area contributed by atoms with Gasteiger partial charge < -0.3 is 5.73 Å². The van der Waals surface area contributed by atoms with Gasteiger partial charge in [0.25, 0.3) is 0 Å². The van der Waals surface area contributed by atoms with Crippen LogP contribution in [-0.2, 0) is 0 Å². The Kier molecular flexibility index (Phi) is 4.38. The molecule has 0 aromatic heterocycles. The van der Waals surface area contributed by atoms with Gasteiger partial charge in [0.15, 0.2) is 5.11 Å². The van der Waals surface area contributed by atoms with Crippen molar-refractivity contribution in [2.75, 3.05) is 0 Å². The Labute approximate surface area is 115 Å². The van der Waals surface area contributed by atoms with Crippen molar-refractivity contribution in [2.45, 2.75) is 46.0 Å². The predicted octanol–water partition coefficient (Wildman–Crippen LogP) is 2.97. The monoisotopic (exact) mass is 265 g/mol. The van der Waals surface area contributed by atoms with Crippen molar-refractivity contribution >= 4 is 23.0 Å². The van der Waals surface area contributed by atoms with E-state index in [2.05, 4.69) is 30.5 Å². The number of thiocarbonyl (C=S) groups is 1. The van der Waals surface area contributed by atoms with Gasteiger partial charge in [0.05, 0.1) is 5.71 Å². The fraction of sp³-hybridized carbons (Fsp3) is 0.714. The van der Waals surface area contributed by atoms with Crippen LogP contribution >= 0.6 is 12.2 Å². The van der Waals surface area contributed by atoms with Gasteiger partial charge in [-0.3, -0.25) is 5.43 Å². The van der Waals surface area contributed by atoms with E-state index in [1.807, 2.05) is 0 Å². The Hall–Kier alpha value is -0.900. The largest absolute Gasteiger partial charge is 0.375 e. The quantitative estimate of drug-likeness (QED) is 0.596. The molecular weight excluding hydrogens is 242 g/mol. The van der Waals surface area contributed by atoms with Crippen molar-refractivity contribution in [2.24, 2.45) is 28.6 Å². The summed E-state index contributed by atoms with van der Waals surface area (Å²) in [7, 11) is 0. The molecule has 3 nitrogen and oxygen atoms in total. The summed E-state index contributed by atoms with van der Waals surface area (Å²) in [5, 5.41) is 4.57. The lowest BCUT2D eigenvalue weighted by molar-refractivity contribution is 0.249. The van der Waals surface area contributed by atoms with Gasteiger partial charge in [-0.05, 0) is 61.7 Å². The minimum atomic E-state index is 0.243. The van der Waals surface area contributed by atoms with E-state index in [4.69, 9.17) is 18.0 Å². The van der Waals surface area contributed by atoms with Crippen LogP contribution in [0.1, 0.15) is 46.0 Å². The highest BCUT2D eigenvalue weighted by molar-refractivity contribution is 7.80. The van der Waals surface area contributed by atoms with Crippen molar-refractivity contribution in [3.63, 3.8) is 0 Å². The number of allylic oxidation sites excluding steroid dienone is 2. The maximum absolute atomic E-state index is 5.43. The van der Waals surface area contributed by atoms with Crippen LogP contribution in [0, 0.1) is 17.8 Å². The summed E-state index contributed by atoms with van der Waals surface area (Å²) in [5.74, 6) is 2.20. The summed E-state index contributed by atoms with van der Waals surface area (Å²) >= 11 is 4.80. The van der Waals surface area contributed by atoms with E-state index in [1.165, 1.54) is 25.7 Å². The highest BCUT2D eigenvalue weighted by atomic mass is 32.1. The first kappa shape index (κ1) is 13.5. The van der Waals surface area contributed by atoms with Crippen molar-refractivity contribution in [1.29, 1.82) is 0 Å². The molecule has 2 atom stereocenters. The van der Waals surface area contributed by atoms with Crippen LogP contribution in [0.3, 0.4) is 0 Å². The molecule has 0 unspecified atom stereocenters. The normalized spacial score (nSPS) is 29.9. The fourth-order valence-electron chi connectivity index (χ4n) is 3.29. The molecule has 2 rings (SSSR count). The van der Waals surface area contributed by atoms with Gasteiger partial charge in [0.1, 0.15) is 0 Å². The summed E-state index contributed by atoms with van der Waals surface area (Å²) in [6.07, 6.45) is 8.60. The molecule has 0 aromatic carbocycles. The van der Waals surface area contributed by atoms with E-state index >= 15 is 0 Å². The average molecular weight is 265 g/mol. The second-order valence-electron chi connectivity index (χ2n) is 5.76. The maximum atomic E-state index is 5.43. The molecule has 0 radical (unpaired) electrons. The van der Waals surface area contributed by atoms with E-state index in [0.29, 0.717) is 5.92 Å². The van der Waals surface area contributed by atoms with Crippen LogP contribution in [-0.4, -0.2) is 10.8 Å². The van der Waals surface area contributed by atoms with Crippen LogP contribution in [0.25, 0.3) is 0 Å². The molecule has 1 fully saturated rings. The first-order valence-corrected chi connectivity index (χ1v) is 7.31. The molecule has 4 heteroatoms. The predicted molar refractivity (Wildman–Crippen MR) is 80.3 cm³/mol. The first-order valence-electron chi connectivity index (χ1n) is 6.90. The van der Waals surface area contributed by atoms with Crippen molar-refractivity contribution < 1.29 is 0 Å². The van der Waals surface area contributed by atoms with Gasteiger partial charge in [-0.2, -0.15) is 5.10 Å². The van der Waals surface area contributed by atoms with Gasteiger partial charge in [0, 0.05) is 0 Å². The fourth-order valence-corrected chi connectivity index (χ4v) is 3.34. The van der Waals surface area contributed by atoms with E-state index in [1.54, 1.807) is 5.57 Å². The molecular formula is C14H23N3S. The Bertz CT molecular complexity index is 385. The van der Waals surface area contributed by atoms with E-state index in [-0.39, 0.29) is 5.11 Å². The Balaban J connectivity index is 2.20. The SMILES string of the molecule is CC(C)[C@H]1C/C(=N/NC(N)=S)C=C2CCCC[C@@H]21. The topological polar surface area (TPSA) is 50.4 Å². The van der Waals surface area contributed by atoms with E-state index in [0.717, 1.165) is 24.0 Å². The lowest BCUT2D eigenvalue weighted by atomic mass is 9.67. The molecule has 3 N–H and O–H groups in total. The van der Waals surface area contributed by atoms with Gasteiger partial charge in [0.2, 0.25) is 0 Å². The van der Waals surface area contributed by atoms with Crippen LogP contribution < -0.4 is 11.2 Å². The molecule has 0 bridgehead atoms. The van der Waals surface area contributed by atoms with Crippen molar-refractivity contribution in [3.05, 3.63) is 11.6 Å². The lowest BCUT2D eigenvalue weighted by Crippen LogP contribution is -2.32. The number of nitrogens with one attached hydrogen (secondary N) is 1. The van der Waals surface area contributed by atoms with Crippen LogP contribution in [0.4, 0.5) is 0 Å². The number of rotatable bonds is 2. The van der Waals surface area contributed by atoms with Crippen LogP contribution in [0.5, 0.6) is 0 Å². The molecule has 1 saturated carbocycles. The van der Waals surface area contributed by atoms with Crippen LogP contribution in [0.2, 0.25) is 0 Å². The summed E-state index contributed by atoms with van der Waals surface area (Å²) in [5.41, 5.74) is 10.8. The second kappa shape index (κ2) is 5.83. The van der Waals surface area contributed by atoms with E-state index in [9.17, 15) is 0 Å². The summed E-state index contributed by atoms with van der Waals surface area (Å²) in [6.45, 7) is 4.64. The molecule has 0 aromatic rings. The molecule has 2 aliphatic carbocycles. The number of nitrogens with zero attached hydrogens (tertiary/aromatic N) is 1. The average Bonchev–Trinajstić information content (AvgIpc) is 2.35. The summed E-state index contributed by atoms with van der Waals surface area (Å²) in [6, 6.07) is 0. The minimum Gasteiger partial charge on any atom is -0.375 e. The van der Waals surface area contributed by atoms with Crippen molar-refractivity contribution in [1.82, 2.24) is 5.43 Å². The lowest BCUT2D eigenvalue weighted by Gasteiger charge is -2.38. The zero-order valence-corrected chi connectivity index (χ0v) is 12.1. The molecule has 18 heavy (non-hydrogen) atoms. The zero-order chi connectivity index (χ0) is 13.1. The van der Waals surface area contributed by atoms with Gasteiger partial charge in [-0.15, -0.1) is 0 Å². The number of hydrazone groups is 1.